The number of hydrogen-bond acceptors (Lipinski definition) is 3. The van der Waals surface area contributed by atoms with Crippen molar-refractivity contribution in [2.24, 2.45) is 0 Å². The van der Waals surface area contributed by atoms with E-state index in [4.69, 9.17) is 17.9 Å². The summed E-state index contributed by atoms with van der Waals surface area (Å²) in [7, 11) is 0. The summed E-state index contributed by atoms with van der Waals surface area (Å²) in [6.45, 7) is 18.3. The summed E-state index contributed by atoms with van der Waals surface area (Å²) < 4.78 is 103. The summed E-state index contributed by atoms with van der Waals surface area (Å²) in [6.07, 6.45) is 8.48. The van der Waals surface area contributed by atoms with Gasteiger partial charge in [0.2, 0.25) is 0 Å². The van der Waals surface area contributed by atoms with Gasteiger partial charge in [-0.3, -0.25) is 4.57 Å². The van der Waals surface area contributed by atoms with Gasteiger partial charge >= 0.3 is 0 Å². The van der Waals surface area contributed by atoms with Crippen LogP contribution in [0.25, 0.3) is 72.3 Å². The zero-order valence-electron chi connectivity index (χ0n) is 48.2. The van der Waals surface area contributed by atoms with Gasteiger partial charge < -0.3 is 18.9 Å². The first kappa shape index (κ1) is 33.8. The normalized spacial score (nSPS) is 14.3. The molecule has 0 unspecified atom stereocenters. The Morgan fingerprint density at radius 1 is 0.621 bits per heavy atom. The average Bonchev–Trinajstić information content (AvgIpc) is 3.95. The third kappa shape index (κ3) is 8.06. The van der Waals surface area contributed by atoms with E-state index in [1.807, 2.05) is 108 Å². The number of benzene rings is 6. The van der Waals surface area contributed by atoms with Gasteiger partial charge in [0.25, 0.3) is 6.33 Å². The molecule has 0 amide bonds. The van der Waals surface area contributed by atoms with Crippen LogP contribution >= 0.6 is 0 Å². The molecule has 0 aliphatic carbocycles. The third-order valence-electron chi connectivity index (χ3n) is 11.7. The maximum atomic E-state index is 9.45. The van der Waals surface area contributed by atoms with E-state index < -0.39 is 71.3 Å². The first-order chi connectivity index (χ1) is 35.3. The molecule has 4 heterocycles. The van der Waals surface area contributed by atoms with E-state index in [9.17, 15) is 5.48 Å². The number of para-hydroxylation sites is 3. The summed E-state index contributed by atoms with van der Waals surface area (Å²) in [5.74, 6) is 1.39. The molecule has 10 rings (SSSR count). The zero-order valence-corrected chi connectivity index (χ0v) is 40.5. The molecule has 0 spiro atoms. The summed E-state index contributed by atoms with van der Waals surface area (Å²) in [4.78, 5) is 9.43. The summed E-state index contributed by atoms with van der Waals surface area (Å²) >= 11 is 0. The maximum absolute atomic E-state index is 9.45. The van der Waals surface area contributed by atoms with E-state index in [1.165, 1.54) is 0 Å². The van der Waals surface area contributed by atoms with Crippen molar-refractivity contribution in [3.63, 3.8) is 0 Å². The fraction of sp³-hybridized carbons (Fsp3) is 0.203. The molecule has 6 aromatic carbocycles. The minimum absolute atomic E-state index is 0. The average molecular weight is 1050 g/mol. The van der Waals surface area contributed by atoms with Crippen LogP contribution in [0.15, 0.2) is 158 Å². The predicted octanol–water partition coefficient (Wildman–Crippen LogP) is 14.2. The van der Waals surface area contributed by atoms with E-state index >= 15 is 0 Å². The zero-order chi connectivity index (χ0) is 54.0. The van der Waals surface area contributed by atoms with Gasteiger partial charge in [-0.2, -0.15) is 6.07 Å². The Hall–Kier alpha value is -6.62. The molecular weight excluding hydrogens is 990 g/mol. The first-order valence-electron chi connectivity index (χ1n) is 26.6. The fourth-order valence-electron chi connectivity index (χ4n) is 8.56. The Bertz CT molecular complexity index is 3850. The second kappa shape index (κ2) is 17.0. The number of imidazole rings is 1. The van der Waals surface area contributed by atoms with Crippen molar-refractivity contribution in [1.82, 2.24) is 19.1 Å². The van der Waals surface area contributed by atoms with E-state index in [0.29, 0.717) is 33.6 Å². The number of nitrogens with zero attached hydrogens (tertiary/aromatic N) is 5. The van der Waals surface area contributed by atoms with Crippen molar-refractivity contribution in [3.05, 3.63) is 193 Å². The summed E-state index contributed by atoms with van der Waals surface area (Å²) in [5.41, 5.74) is 4.22. The van der Waals surface area contributed by atoms with Crippen LogP contribution in [0, 0.1) is 18.5 Å². The van der Waals surface area contributed by atoms with Crippen molar-refractivity contribution in [2.75, 3.05) is 0 Å². The van der Waals surface area contributed by atoms with Crippen LogP contribution in [0.4, 0.5) is 0 Å². The molecule has 0 aliphatic heterocycles. The molecule has 332 valence electrons. The van der Waals surface area contributed by atoms with Crippen molar-refractivity contribution < 1.29 is 44.1 Å². The number of ether oxygens (including phenoxy) is 1. The fourth-order valence-corrected chi connectivity index (χ4v) is 8.56. The molecule has 0 fully saturated rings. The van der Waals surface area contributed by atoms with Crippen LogP contribution < -0.4 is 9.30 Å². The van der Waals surface area contributed by atoms with E-state index in [1.54, 1.807) is 21.5 Å². The second-order valence-electron chi connectivity index (χ2n) is 19.3. The van der Waals surface area contributed by atoms with E-state index in [0.717, 1.165) is 33.2 Å². The number of rotatable bonds is 7. The van der Waals surface area contributed by atoms with Crippen molar-refractivity contribution in [1.29, 1.82) is 0 Å². The van der Waals surface area contributed by atoms with Gasteiger partial charge in [-0.1, -0.05) is 183 Å². The van der Waals surface area contributed by atoms with Crippen molar-refractivity contribution >= 4 is 32.8 Å². The Labute approximate surface area is 416 Å². The van der Waals surface area contributed by atoms with Crippen LogP contribution in [0.2, 0.25) is 0 Å². The molecule has 0 bridgehead atoms. The number of fused-ring (bicyclic) bond motifs is 4. The van der Waals surface area contributed by atoms with Gasteiger partial charge in [0, 0.05) is 44.3 Å². The molecule has 0 radical (unpaired) electrons. The van der Waals surface area contributed by atoms with Crippen LogP contribution in [0.1, 0.15) is 92.7 Å². The smallest absolute Gasteiger partial charge is 0.268 e. The molecule has 0 N–H and O–H groups in total. The standard InChI is InChI=1S/C59H53N5O.Pt/c1-57(2,3)41-30-31-61-53(32-41)64-49-25-17-16-24-45(49)46-29-28-43(34-52(46)64)65-44-33-42(36-60-37-44)62-38-63(51-27-19-18-26-50(51)62)56-54(39-20-12-10-13-21-39)47(58(4,5)6)35-48(59(7,8)9)55(56)40-22-14-11-15-23-40;/h10-32,35-37H,1-9H3;/q-2;/i10D,11D,12D,13D,14D,15D,20D,21D,22D,23D;. The van der Waals surface area contributed by atoms with Crippen LogP contribution in [0.3, 0.4) is 0 Å². The summed E-state index contributed by atoms with van der Waals surface area (Å²) in [6, 6.07) is 27.0. The van der Waals surface area contributed by atoms with Crippen LogP contribution in [0.5, 0.6) is 11.5 Å². The van der Waals surface area contributed by atoms with Gasteiger partial charge in [0.15, 0.2) is 0 Å². The summed E-state index contributed by atoms with van der Waals surface area (Å²) in [5, 5.41) is 2.00. The van der Waals surface area contributed by atoms with E-state index in [2.05, 4.69) is 67.0 Å². The largest absolute Gasteiger partial charge is 0.508 e. The van der Waals surface area contributed by atoms with Crippen molar-refractivity contribution in [3.8, 4) is 50.9 Å². The van der Waals surface area contributed by atoms with Gasteiger partial charge in [0.1, 0.15) is 5.82 Å². The Morgan fingerprint density at radius 3 is 1.88 bits per heavy atom. The molecule has 10 aromatic rings. The molecule has 7 heteroatoms. The quantitative estimate of drug-likeness (QED) is 0.118. The van der Waals surface area contributed by atoms with Crippen LogP contribution in [-0.4, -0.2) is 19.1 Å². The minimum atomic E-state index is -0.769. The molecular formula is C59H53N5OPt-2. The molecule has 0 atom stereocenters. The molecule has 4 aromatic heterocycles. The van der Waals surface area contributed by atoms with Crippen molar-refractivity contribution in [2.45, 2.75) is 78.6 Å². The first-order valence-corrected chi connectivity index (χ1v) is 21.6. The Kier molecular flexibility index (Phi) is 8.70. The van der Waals surface area contributed by atoms with E-state index in [-0.39, 0.29) is 60.2 Å². The van der Waals surface area contributed by atoms with Gasteiger partial charge in [-0.25, -0.2) is 4.98 Å². The monoisotopic (exact) mass is 1050 g/mol. The second-order valence-corrected chi connectivity index (χ2v) is 19.3. The number of hydrogen-bond donors (Lipinski definition) is 0. The molecule has 0 aliphatic rings. The molecule has 6 nitrogen and oxygen atoms in total. The van der Waals surface area contributed by atoms with Gasteiger partial charge in [0.05, 0.1) is 30.4 Å². The molecule has 66 heavy (non-hydrogen) atoms. The predicted molar refractivity (Wildman–Crippen MR) is 265 cm³/mol. The molecule has 0 saturated carbocycles. The Morgan fingerprint density at radius 2 is 1.24 bits per heavy atom. The minimum Gasteiger partial charge on any atom is -0.508 e. The van der Waals surface area contributed by atoms with Gasteiger partial charge in [-0.05, 0) is 90.7 Å². The SMILES string of the molecule is [2H]c1c([2H])c([2H])c(-c2c(C(C)(C)C)cc(C(C)(C)C)c(-c3c([2H])c([2H])c([2H])c([2H])c3[2H])c2-[n+]2[c-]n(-c3[c-]c(Oc4[c-]c5c(cc4)c4ccccc4n5-c4cc(C(C)(C)C)ccn4)cnc3)c3ccccc32)c([2H])c1[2H].[Pt]. The molecule has 0 saturated heterocycles. The Balaban J connectivity index is 0.00000706. The third-order valence-corrected chi connectivity index (χ3v) is 11.7. The topological polar surface area (TPSA) is 48.8 Å². The van der Waals surface area contributed by atoms with Gasteiger partial charge in [-0.15, -0.1) is 23.6 Å². The maximum Gasteiger partial charge on any atom is 0.268 e. The van der Waals surface area contributed by atoms with Crippen LogP contribution in [-0.2, 0) is 37.3 Å². The number of aromatic nitrogens is 5. The number of pyridine rings is 2.